The molecule has 0 radical (unpaired) electrons. The van der Waals surface area contributed by atoms with Gasteiger partial charge in [-0.15, -0.1) is 0 Å². The number of carbonyl (C=O) groups excluding carboxylic acids is 1. The summed E-state index contributed by atoms with van der Waals surface area (Å²) in [6.45, 7) is 3.35. The third-order valence-electron chi connectivity index (χ3n) is 4.48. The molecule has 21 heavy (non-hydrogen) atoms. The molecule has 2 aromatic rings. The van der Waals surface area contributed by atoms with Crippen LogP contribution in [0.4, 0.5) is 0 Å². The molecule has 3 atom stereocenters. The Hall–Kier alpha value is -1.40. The van der Waals surface area contributed by atoms with E-state index < -0.39 is 0 Å². The van der Waals surface area contributed by atoms with Crippen molar-refractivity contribution in [2.24, 2.45) is 5.92 Å². The third-order valence-corrected chi connectivity index (χ3v) is 4.91. The molecule has 2 saturated heterocycles. The highest BCUT2D eigenvalue weighted by molar-refractivity contribution is 9.10. The zero-order valence-electron chi connectivity index (χ0n) is 11.6. The Morgan fingerprint density at radius 1 is 1.38 bits per heavy atom. The Morgan fingerprint density at radius 3 is 3.14 bits per heavy atom. The van der Waals surface area contributed by atoms with Crippen LogP contribution in [0.15, 0.2) is 29.1 Å². The average molecular weight is 349 g/mol. The fourth-order valence-electron chi connectivity index (χ4n) is 3.52. The van der Waals surface area contributed by atoms with Crippen LogP contribution < -0.4 is 5.32 Å². The van der Waals surface area contributed by atoms with E-state index in [0.29, 0.717) is 5.69 Å². The van der Waals surface area contributed by atoms with Crippen LogP contribution in [0.25, 0.3) is 5.52 Å². The molecule has 0 aromatic carbocycles. The van der Waals surface area contributed by atoms with Gasteiger partial charge in [0.1, 0.15) is 5.69 Å². The Bertz CT molecular complexity index is 686. The number of hydrogen-bond acceptors (Lipinski definition) is 3. The number of fused-ring (bicyclic) bond motifs is 3. The minimum Gasteiger partial charge on any atom is -0.347 e. The predicted octanol–water partition coefficient (Wildman–Crippen LogP) is 1.92. The number of rotatable bonds is 2. The Morgan fingerprint density at radius 2 is 2.29 bits per heavy atom. The third kappa shape index (κ3) is 2.58. The second-order valence-electron chi connectivity index (χ2n) is 6.08. The van der Waals surface area contributed by atoms with Crippen LogP contribution in [0.2, 0.25) is 0 Å². The van der Waals surface area contributed by atoms with E-state index in [-0.39, 0.29) is 11.9 Å². The van der Waals surface area contributed by atoms with Gasteiger partial charge in [-0.05, 0) is 47.3 Å². The SMILES string of the molecule is O=C(N[C@@H]1C[C@H]2CCN(C2)C1)c1cn2cc(Br)cc2cn1. The van der Waals surface area contributed by atoms with E-state index in [4.69, 9.17) is 0 Å². The van der Waals surface area contributed by atoms with Gasteiger partial charge in [0.25, 0.3) is 5.91 Å². The van der Waals surface area contributed by atoms with E-state index in [1.165, 1.54) is 19.5 Å². The van der Waals surface area contributed by atoms with Crippen LogP contribution in [0, 0.1) is 5.92 Å². The van der Waals surface area contributed by atoms with E-state index in [0.717, 1.165) is 28.9 Å². The molecule has 5 nitrogen and oxygen atoms in total. The zero-order chi connectivity index (χ0) is 14.4. The van der Waals surface area contributed by atoms with Crippen molar-refractivity contribution >= 4 is 27.4 Å². The molecular weight excluding hydrogens is 332 g/mol. The van der Waals surface area contributed by atoms with Crippen LogP contribution >= 0.6 is 15.9 Å². The summed E-state index contributed by atoms with van der Waals surface area (Å²) in [6, 6.07) is 2.23. The van der Waals surface area contributed by atoms with Gasteiger partial charge in [0.05, 0.1) is 11.7 Å². The van der Waals surface area contributed by atoms with Gasteiger partial charge in [-0.1, -0.05) is 0 Å². The number of hydrogen-bond donors (Lipinski definition) is 1. The van der Waals surface area contributed by atoms with Gasteiger partial charge < -0.3 is 14.6 Å². The van der Waals surface area contributed by atoms with Crippen molar-refractivity contribution in [1.29, 1.82) is 0 Å². The molecular formula is C15H17BrN4O. The molecule has 0 spiro atoms. The van der Waals surface area contributed by atoms with Crippen molar-refractivity contribution in [3.63, 3.8) is 0 Å². The van der Waals surface area contributed by atoms with E-state index in [1.807, 2.05) is 16.7 Å². The Labute approximate surface area is 131 Å². The number of nitrogens with zero attached hydrogens (tertiary/aromatic N) is 3. The average Bonchev–Trinajstić information content (AvgIpc) is 2.99. The molecule has 4 rings (SSSR count). The normalized spacial score (nSPS) is 28.0. The molecule has 2 fully saturated rings. The highest BCUT2D eigenvalue weighted by Crippen LogP contribution is 2.26. The lowest BCUT2D eigenvalue weighted by molar-refractivity contribution is 0.0904. The molecule has 4 heterocycles. The van der Waals surface area contributed by atoms with Gasteiger partial charge in [0.15, 0.2) is 0 Å². The highest BCUT2D eigenvalue weighted by Gasteiger charge is 2.33. The first kappa shape index (κ1) is 13.3. The maximum absolute atomic E-state index is 12.4. The van der Waals surface area contributed by atoms with Crippen molar-refractivity contribution in [2.45, 2.75) is 18.9 Å². The van der Waals surface area contributed by atoms with Crippen LogP contribution in [-0.4, -0.2) is 45.9 Å². The molecule has 2 aromatic heterocycles. The van der Waals surface area contributed by atoms with E-state index >= 15 is 0 Å². The lowest BCUT2D eigenvalue weighted by Crippen LogP contribution is -2.47. The number of piperidine rings is 1. The monoisotopic (exact) mass is 348 g/mol. The highest BCUT2D eigenvalue weighted by atomic mass is 79.9. The standard InChI is InChI=1S/C15H17BrN4O/c16-11-4-13-5-17-14(9-20(13)7-11)15(21)18-12-3-10-1-2-19(6-10)8-12/h4-5,7,9-10,12H,1-3,6,8H2,(H,18,21)/t10-,12-/m1/s1. The topological polar surface area (TPSA) is 49.6 Å². The fourth-order valence-corrected chi connectivity index (χ4v) is 3.97. The van der Waals surface area contributed by atoms with Gasteiger partial charge in [-0.3, -0.25) is 4.79 Å². The van der Waals surface area contributed by atoms with Crippen LogP contribution in [-0.2, 0) is 0 Å². The number of halogens is 1. The van der Waals surface area contributed by atoms with Gasteiger partial charge >= 0.3 is 0 Å². The first-order valence-corrected chi connectivity index (χ1v) is 8.13. The molecule has 2 aliphatic heterocycles. The minimum absolute atomic E-state index is 0.0748. The van der Waals surface area contributed by atoms with Gasteiger partial charge in [0.2, 0.25) is 0 Å². The second-order valence-corrected chi connectivity index (χ2v) is 7.00. The second kappa shape index (κ2) is 5.10. The van der Waals surface area contributed by atoms with Crippen molar-refractivity contribution < 1.29 is 4.79 Å². The molecule has 1 unspecified atom stereocenters. The smallest absolute Gasteiger partial charge is 0.271 e. The zero-order valence-corrected chi connectivity index (χ0v) is 13.2. The molecule has 2 bridgehead atoms. The molecule has 2 aliphatic rings. The first-order chi connectivity index (χ1) is 10.2. The molecule has 1 amide bonds. The van der Waals surface area contributed by atoms with Gasteiger partial charge in [-0.25, -0.2) is 4.98 Å². The van der Waals surface area contributed by atoms with E-state index in [1.54, 1.807) is 12.4 Å². The van der Waals surface area contributed by atoms with Crippen molar-refractivity contribution in [1.82, 2.24) is 19.6 Å². The van der Waals surface area contributed by atoms with Crippen LogP contribution in [0.5, 0.6) is 0 Å². The number of amides is 1. The predicted molar refractivity (Wildman–Crippen MR) is 83.3 cm³/mol. The molecule has 6 heteroatoms. The number of nitrogens with one attached hydrogen (secondary N) is 1. The maximum atomic E-state index is 12.4. The molecule has 0 saturated carbocycles. The number of aromatic nitrogens is 2. The lowest BCUT2D eigenvalue weighted by Gasteiger charge is -2.30. The lowest BCUT2D eigenvalue weighted by atomic mass is 9.97. The summed E-state index contributed by atoms with van der Waals surface area (Å²) in [6.07, 6.45) is 7.81. The van der Waals surface area contributed by atoms with Crippen molar-refractivity contribution in [3.05, 3.63) is 34.8 Å². The van der Waals surface area contributed by atoms with Gasteiger partial charge in [-0.2, -0.15) is 0 Å². The Balaban J connectivity index is 1.50. The van der Waals surface area contributed by atoms with Crippen molar-refractivity contribution in [3.8, 4) is 0 Å². The van der Waals surface area contributed by atoms with E-state index in [9.17, 15) is 4.79 Å². The maximum Gasteiger partial charge on any atom is 0.271 e. The van der Waals surface area contributed by atoms with Crippen LogP contribution in [0.3, 0.4) is 0 Å². The fraction of sp³-hybridized carbons (Fsp3) is 0.467. The summed E-state index contributed by atoms with van der Waals surface area (Å²) < 4.78 is 2.90. The number of carbonyl (C=O) groups is 1. The van der Waals surface area contributed by atoms with Crippen molar-refractivity contribution in [2.75, 3.05) is 19.6 Å². The van der Waals surface area contributed by atoms with E-state index in [2.05, 4.69) is 31.1 Å². The van der Waals surface area contributed by atoms with Crippen LogP contribution in [0.1, 0.15) is 23.3 Å². The van der Waals surface area contributed by atoms with Gasteiger partial charge in [0, 0.05) is 36.0 Å². The molecule has 0 aliphatic carbocycles. The summed E-state index contributed by atoms with van der Waals surface area (Å²) in [5.74, 6) is 0.675. The minimum atomic E-state index is -0.0748. The summed E-state index contributed by atoms with van der Waals surface area (Å²) in [5.41, 5.74) is 1.44. The summed E-state index contributed by atoms with van der Waals surface area (Å²) in [7, 11) is 0. The first-order valence-electron chi connectivity index (χ1n) is 7.34. The Kier molecular flexibility index (Phi) is 3.23. The summed E-state index contributed by atoms with van der Waals surface area (Å²) >= 11 is 3.43. The molecule has 110 valence electrons. The summed E-state index contributed by atoms with van der Waals surface area (Å²) in [4.78, 5) is 19.1. The molecule has 1 N–H and O–H groups in total. The summed E-state index contributed by atoms with van der Waals surface area (Å²) in [5, 5.41) is 3.14. The largest absolute Gasteiger partial charge is 0.347 e. The quantitative estimate of drug-likeness (QED) is 0.901.